The van der Waals surface area contributed by atoms with Gasteiger partial charge in [-0.15, -0.1) is 0 Å². The Labute approximate surface area is 89.9 Å². The first-order valence-electron chi connectivity index (χ1n) is 6.18. The highest BCUT2D eigenvalue weighted by Gasteiger charge is 1.93. The molecule has 2 N–H and O–H groups in total. The molecule has 0 rings (SSSR count). The van der Waals surface area contributed by atoms with Crippen LogP contribution in [0.15, 0.2) is 0 Å². The minimum atomic E-state index is 0.865. The van der Waals surface area contributed by atoms with E-state index in [1.165, 1.54) is 32.2 Å². The minimum Gasteiger partial charge on any atom is -0.317 e. The van der Waals surface area contributed by atoms with Gasteiger partial charge in [0.15, 0.2) is 0 Å². The quantitative estimate of drug-likeness (QED) is 0.529. The Hall–Kier alpha value is -0.0800. The third-order valence-electron chi connectivity index (χ3n) is 2.34. The van der Waals surface area contributed by atoms with Gasteiger partial charge < -0.3 is 10.6 Å². The molecule has 2 heteroatoms. The van der Waals surface area contributed by atoms with Gasteiger partial charge in [-0.1, -0.05) is 33.6 Å². The maximum Gasteiger partial charge on any atom is -0.00368 e. The van der Waals surface area contributed by atoms with Gasteiger partial charge in [0, 0.05) is 0 Å². The van der Waals surface area contributed by atoms with Gasteiger partial charge in [0.05, 0.1) is 0 Å². The van der Waals surface area contributed by atoms with E-state index in [-0.39, 0.29) is 0 Å². The van der Waals surface area contributed by atoms with Crippen molar-refractivity contribution < 1.29 is 0 Å². The number of nitrogens with one attached hydrogen (secondary N) is 2. The molecule has 2 nitrogen and oxygen atoms in total. The third-order valence-corrected chi connectivity index (χ3v) is 2.34. The maximum absolute atomic E-state index is 3.48. The molecule has 0 aliphatic rings. The highest BCUT2D eigenvalue weighted by atomic mass is 14.9. The second-order valence-electron chi connectivity index (χ2n) is 4.35. The average molecular weight is 200 g/mol. The zero-order chi connectivity index (χ0) is 10.6. The molecular weight excluding hydrogens is 172 g/mol. The summed E-state index contributed by atoms with van der Waals surface area (Å²) in [6, 6.07) is 0. The van der Waals surface area contributed by atoms with Crippen molar-refractivity contribution in [1.82, 2.24) is 10.6 Å². The zero-order valence-electron chi connectivity index (χ0n) is 10.2. The smallest absolute Gasteiger partial charge is 0.00368 e. The van der Waals surface area contributed by atoms with Crippen molar-refractivity contribution in [1.29, 1.82) is 0 Å². The summed E-state index contributed by atoms with van der Waals surface area (Å²) in [6.07, 6.45) is 5.33. The summed E-state index contributed by atoms with van der Waals surface area (Å²) in [7, 11) is 0. The molecule has 0 aliphatic heterocycles. The van der Waals surface area contributed by atoms with Crippen molar-refractivity contribution in [2.24, 2.45) is 5.92 Å². The van der Waals surface area contributed by atoms with Crippen LogP contribution in [0.25, 0.3) is 0 Å². The van der Waals surface area contributed by atoms with Gasteiger partial charge in [-0.05, 0) is 44.9 Å². The van der Waals surface area contributed by atoms with E-state index in [0.29, 0.717) is 0 Å². The number of rotatable bonds is 10. The molecule has 0 aromatic heterocycles. The van der Waals surface area contributed by atoms with Crippen LogP contribution in [0.5, 0.6) is 0 Å². The van der Waals surface area contributed by atoms with Crippen LogP contribution in [0.2, 0.25) is 0 Å². The lowest BCUT2D eigenvalue weighted by Gasteiger charge is -2.06. The number of unbranched alkanes of at least 4 members (excludes halogenated alkanes) is 1. The van der Waals surface area contributed by atoms with E-state index in [1.54, 1.807) is 0 Å². The summed E-state index contributed by atoms with van der Waals surface area (Å²) < 4.78 is 0. The van der Waals surface area contributed by atoms with E-state index in [4.69, 9.17) is 0 Å². The lowest BCUT2D eigenvalue weighted by atomic mass is 10.1. The van der Waals surface area contributed by atoms with E-state index < -0.39 is 0 Å². The average Bonchev–Trinajstić information content (AvgIpc) is 2.15. The second kappa shape index (κ2) is 11.0. The predicted molar refractivity (Wildman–Crippen MR) is 64.7 cm³/mol. The minimum absolute atomic E-state index is 0.865. The molecule has 0 heterocycles. The fraction of sp³-hybridized carbons (Fsp3) is 1.00. The Kier molecular flexibility index (Phi) is 10.9. The molecular formula is C12H28N2. The van der Waals surface area contributed by atoms with E-state index in [1.807, 2.05) is 0 Å². The predicted octanol–water partition coefficient (Wildman–Crippen LogP) is 2.40. The molecule has 14 heavy (non-hydrogen) atoms. The molecule has 0 radical (unpaired) electrons. The summed E-state index contributed by atoms with van der Waals surface area (Å²) in [5.74, 6) is 0.865. The normalized spacial score (nSPS) is 11.1. The molecule has 0 amide bonds. The summed E-state index contributed by atoms with van der Waals surface area (Å²) in [5, 5.41) is 6.80. The fourth-order valence-electron chi connectivity index (χ4n) is 1.44. The fourth-order valence-corrected chi connectivity index (χ4v) is 1.44. The van der Waals surface area contributed by atoms with Crippen molar-refractivity contribution >= 4 is 0 Å². The Morgan fingerprint density at radius 3 is 2.14 bits per heavy atom. The molecule has 0 aromatic carbocycles. The van der Waals surface area contributed by atoms with Crippen LogP contribution in [0, 0.1) is 5.92 Å². The molecule has 0 unspecified atom stereocenters. The molecule has 0 atom stereocenters. The number of hydrogen-bond acceptors (Lipinski definition) is 2. The molecule has 0 saturated heterocycles. The third kappa shape index (κ3) is 11.9. The Morgan fingerprint density at radius 1 is 0.857 bits per heavy atom. The van der Waals surface area contributed by atoms with Crippen molar-refractivity contribution in [2.45, 2.75) is 46.5 Å². The summed E-state index contributed by atoms with van der Waals surface area (Å²) >= 11 is 0. The lowest BCUT2D eigenvalue weighted by Crippen LogP contribution is -2.22. The van der Waals surface area contributed by atoms with Crippen LogP contribution >= 0.6 is 0 Å². The molecule has 0 fully saturated rings. The molecule has 0 saturated carbocycles. The van der Waals surface area contributed by atoms with Gasteiger partial charge in [0.25, 0.3) is 0 Å². The molecule has 0 spiro atoms. The van der Waals surface area contributed by atoms with Crippen LogP contribution in [0.1, 0.15) is 46.5 Å². The van der Waals surface area contributed by atoms with Gasteiger partial charge in [-0.3, -0.25) is 0 Å². The Morgan fingerprint density at radius 2 is 1.50 bits per heavy atom. The van der Waals surface area contributed by atoms with Gasteiger partial charge in [0.1, 0.15) is 0 Å². The van der Waals surface area contributed by atoms with Crippen molar-refractivity contribution in [3.8, 4) is 0 Å². The lowest BCUT2D eigenvalue weighted by molar-refractivity contribution is 0.515. The van der Waals surface area contributed by atoms with Crippen LogP contribution in [-0.4, -0.2) is 26.2 Å². The zero-order valence-corrected chi connectivity index (χ0v) is 10.2. The molecule has 0 bridgehead atoms. The maximum atomic E-state index is 3.48. The topological polar surface area (TPSA) is 24.1 Å². The first-order chi connectivity index (χ1) is 6.77. The summed E-state index contributed by atoms with van der Waals surface area (Å²) in [4.78, 5) is 0. The van der Waals surface area contributed by atoms with E-state index in [2.05, 4.69) is 31.4 Å². The van der Waals surface area contributed by atoms with Crippen LogP contribution in [0.4, 0.5) is 0 Å². The van der Waals surface area contributed by atoms with Crippen molar-refractivity contribution in [2.75, 3.05) is 26.2 Å². The molecule has 0 aromatic rings. The van der Waals surface area contributed by atoms with Crippen LogP contribution < -0.4 is 10.6 Å². The Balaban J connectivity index is 2.85. The monoisotopic (exact) mass is 200 g/mol. The van der Waals surface area contributed by atoms with E-state index in [9.17, 15) is 0 Å². The SMILES string of the molecule is CCNCCCNCCCCC(C)C. The first kappa shape index (κ1) is 13.9. The van der Waals surface area contributed by atoms with Crippen molar-refractivity contribution in [3.05, 3.63) is 0 Å². The molecule has 86 valence electrons. The van der Waals surface area contributed by atoms with Gasteiger partial charge >= 0.3 is 0 Å². The summed E-state index contributed by atoms with van der Waals surface area (Å²) in [5.41, 5.74) is 0. The van der Waals surface area contributed by atoms with Gasteiger partial charge in [0.2, 0.25) is 0 Å². The second-order valence-corrected chi connectivity index (χ2v) is 4.35. The van der Waals surface area contributed by atoms with Gasteiger partial charge in [-0.25, -0.2) is 0 Å². The van der Waals surface area contributed by atoms with E-state index >= 15 is 0 Å². The first-order valence-corrected chi connectivity index (χ1v) is 6.18. The Bertz CT molecular complexity index is 102. The highest BCUT2D eigenvalue weighted by Crippen LogP contribution is 2.04. The van der Waals surface area contributed by atoms with Crippen LogP contribution in [0.3, 0.4) is 0 Å². The molecule has 0 aliphatic carbocycles. The van der Waals surface area contributed by atoms with Gasteiger partial charge in [-0.2, -0.15) is 0 Å². The summed E-state index contributed by atoms with van der Waals surface area (Å²) in [6.45, 7) is 11.3. The van der Waals surface area contributed by atoms with Crippen molar-refractivity contribution in [3.63, 3.8) is 0 Å². The van der Waals surface area contributed by atoms with Crippen LogP contribution in [-0.2, 0) is 0 Å². The number of hydrogen-bond donors (Lipinski definition) is 2. The standard InChI is InChI=1S/C12H28N2/c1-4-13-10-7-11-14-9-6-5-8-12(2)3/h12-14H,4-11H2,1-3H3. The highest BCUT2D eigenvalue weighted by molar-refractivity contribution is 4.52. The largest absolute Gasteiger partial charge is 0.317 e. The van der Waals surface area contributed by atoms with E-state index in [0.717, 1.165) is 25.6 Å².